The molecule has 1 fully saturated rings. The lowest BCUT2D eigenvalue weighted by Crippen LogP contribution is -2.48. The lowest BCUT2D eigenvalue weighted by Gasteiger charge is -2.35. The number of hydrogen-bond donors (Lipinski definition) is 1. The van der Waals surface area contributed by atoms with Crippen LogP contribution >= 0.6 is 0 Å². The molecule has 0 aliphatic carbocycles. The standard InChI is InChI=1S/C22H23FN4O3/c1-2-30-20(29)14-26-9-11-27(12-10-26)22-17-13-15(23)7-8-18(17)24-21(25-22)16-5-3-4-6-19(16)28/h3-8,13,28H,2,9-12,14H2,1H3. The highest BCUT2D eigenvalue weighted by molar-refractivity contribution is 5.91. The van der Waals surface area contributed by atoms with Crippen molar-refractivity contribution in [2.45, 2.75) is 6.92 Å². The molecule has 0 radical (unpaired) electrons. The third-order valence-corrected chi connectivity index (χ3v) is 5.11. The number of ether oxygens (including phenoxy) is 1. The minimum atomic E-state index is -0.358. The quantitative estimate of drug-likeness (QED) is 0.648. The van der Waals surface area contributed by atoms with Gasteiger partial charge in [0.15, 0.2) is 5.82 Å². The first kappa shape index (κ1) is 20.0. The summed E-state index contributed by atoms with van der Waals surface area (Å²) in [5.41, 5.74) is 1.12. The second-order valence-electron chi connectivity index (χ2n) is 7.12. The second kappa shape index (κ2) is 8.62. The molecule has 2 aromatic carbocycles. The van der Waals surface area contributed by atoms with E-state index in [9.17, 15) is 14.3 Å². The number of phenols is 1. The number of phenolic OH excluding ortho intramolecular Hbond substituents is 1. The molecular formula is C22H23FN4O3. The third kappa shape index (κ3) is 4.18. The minimum Gasteiger partial charge on any atom is -0.507 e. The fourth-order valence-electron chi connectivity index (χ4n) is 3.62. The van der Waals surface area contributed by atoms with Gasteiger partial charge in [0.25, 0.3) is 0 Å². The molecule has 8 heteroatoms. The molecule has 3 aromatic rings. The molecule has 7 nitrogen and oxygen atoms in total. The number of hydrogen-bond acceptors (Lipinski definition) is 7. The summed E-state index contributed by atoms with van der Waals surface area (Å²) < 4.78 is 19.0. The van der Waals surface area contributed by atoms with Gasteiger partial charge in [-0.1, -0.05) is 12.1 Å². The molecule has 2 heterocycles. The molecule has 0 unspecified atom stereocenters. The number of benzene rings is 2. The average Bonchev–Trinajstić information content (AvgIpc) is 2.74. The minimum absolute atomic E-state index is 0.0872. The number of anilines is 1. The molecule has 1 aliphatic rings. The van der Waals surface area contributed by atoms with E-state index in [1.807, 2.05) is 4.90 Å². The number of piperazine rings is 1. The number of carbonyl (C=O) groups is 1. The van der Waals surface area contributed by atoms with Gasteiger partial charge >= 0.3 is 5.97 Å². The van der Waals surface area contributed by atoms with Crippen molar-refractivity contribution in [1.82, 2.24) is 14.9 Å². The zero-order chi connectivity index (χ0) is 21.1. The summed E-state index contributed by atoms with van der Waals surface area (Å²) in [4.78, 5) is 25.1. The number of esters is 1. The van der Waals surface area contributed by atoms with Crippen molar-refractivity contribution in [3.63, 3.8) is 0 Å². The zero-order valence-corrected chi connectivity index (χ0v) is 16.7. The fourth-order valence-corrected chi connectivity index (χ4v) is 3.62. The van der Waals surface area contributed by atoms with Gasteiger partial charge in [-0.3, -0.25) is 9.69 Å². The van der Waals surface area contributed by atoms with Crippen LogP contribution in [0.1, 0.15) is 6.92 Å². The number of carbonyl (C=O) groups excluding carboxylic acids is 1. The van der Waals surface area contributed by atoms with E-state index in [-0.39, 0.29) is 24.1 Å². The first-order chi connectivity index (χ1) is 14.5. The molecule has 0 saturated carbocycles. The van der Waals surface area contributed by atoms with Gasteiger partial charge < -0.3 is 14.7 Å². The van der Waals surface area contributed by atoms with Crippen LogP contribution in [-0.4, -0.2) is 65.3 Å². The van der Waals surface area contributed by atoms with Crippen LogP contribution in [0.5, 0.6) is 5.75 Å². The Morgan fingerprint density at radius 1 is 1.13 bits per heavy atom. The zero-order valence-electron chi connectivity index (χ0n) is 16.7. The summed E-state index contributed by atoms with van der Waals surface area (Å²) in [6.07, 6.45) is 0. The molecule has 0 bridgehead atoms. The van der Waals surface area contributed by atoms with Crippen LogP contribution in [0, 0.1) is 5.82 Å². The van der Waals surface area contributed by atoms with Gasteiger partial charge in [0.2, 0.25) is 0 Å². The van der Waals surface area contributed by atoms with Crippen LogP contribution in [0.3, 0.4) is 0 Å². The van der Waals surface area contributed by atoms with E-state index in [0.29, 0.717) is 60.9 Å². The number of rotatable bonds is 5. The Bertz CT molecular complexity index is 1070. The van der Waals surface area contributed by atoms with Gasteiger partial charge in [-0.2, -0.15) is 0 Å². The monoisotopic (exact) mass is 410 g/mol. The topological polar surface area (TPSA) is 78.8 Å². The molecule has 0 atom stereocenters. The van der Waals surface area contributed by atoms with Gasteiger partial charge in [0, 0.05) is 31.6 Å². The second-order valence-corrected chi connectivity index (χ2v) is 7.12. The lowest BCUT2D eigenvalue weighted by atomic mass is 10.1. The van der Waals surface area contributed by atoms with Crippen molar-refractivity contribution in [2.75, 3.05) is 44.2 Å². The number of halogens is 1. The Balaban J connectivity index is 1.65. The van der Waals surface area contributed by atoms with Crippen LogP contribution in [0.4, 0.5) is 10.2 Å². The van der Waals surface area contributed by atoms with E-state index >= 15 is 0 Å². The Kier molecular flexibility index (Phi) is 5.76. The highest BCUT2D eigenvalue weighted by Crippen LogP contribution is 2.32. The van der Waals surface area contributed by atoms with Gasteiger partial charge in [-0.05, 0) is 37.3 Å². The summed E-state index contributed by atoms with van der Waals surface area (Å²) in [6, 6.07) is 11.3. The highest BCUT2D eigenvalue weighted by Gasteiger charge is 2.23. The number of nitrogens with zero attached hydrogens (tertiary/aromatic N) is 4. The maximum absolute atomic E-state index is 14.0. The van der Waals surface area contributed by atoms with Crippen molar-refractivity contribution < 1.29 is 19.0 Å². The number of aromatic hydroxyl groups is 1. The fraction of sp³-hybridized carbons (Fsp3) is 0.318. The summed E-state index contributed by atoms with van der Waals surface area (Å²) in [5, 5.41) is 10.9. The van der Waals surface area contributed by atoms with Crippen LogP contribution in [0.25, 0.3) is 22.3 Å². The van der Waals surface area contributed by atoms with Crippen LogP contribution < -0.4 is 4.90 Å². The van der Waals surface area contributed by atoms with E-state index in [2.05, 4.69) is 9.88 Å². The van der Waals surface area contributed by atoms with E-state index in [1.54, 1.807) is 37.3 Å². The van der Waals surface area contributed by atoms with E-state index < -0.39 is 0 Å². The summed E-state index contributed by atoms with van der Waals surface area (Å²) in [7, 11) is 0. The predicted molar refractivity (Wildman–Crippen MR) is 112 cm³/mol. The first-order valence-corrected chi connectivity index (χ1v) is 9.93. The molecule has 0 spiro atoms. The van der Waals surface area contributed by atoms with E-state index in [4.69, 9.17) is 9.72 Å². The van der Waals surface area contributed by atoms with E-state index in [0.717, 1.165) is 0 Å². The van der Waals surface area contributed by atoms with Gasteiger partial charge in [-0.25, -0.2) is 14.4 Å². The molecule has 4 rings (SSSR count). The van der Waals surface area contributed by atoms with E-state index in [1.165, 1.54) is 12.1 Å². The van der Waals surface area contributed by atoms with Crippen LogP contribution in [0.2, 0.25) is 0 Å². The average molecular weight is 410 g/mol. The maximum atomic E-state index is 14.0. The van der Waals surface area contributed by atoms with Gasteiger partial charge in [-0.15, -0.1) is 0 Å². The summed E-state index contributed by atoms with van der Waals surface area (Å²) in [5.74, 6) is 0.500. The Hall–Kier alpha value is -3.26. The van der Waals surface area contributed by atoms with Crippen molar-refractivity contribution >= 4 is 22.7 Å². The van der Waals surface area contributed by atoms with Crippen LogP contribution in [-0.2, 0) is 9.53 Å². The molecule has 1 saturated heterocycles. The number of aromatic nitrogens is 2. The smallest absolute Gasteiger partial charge is 0.320 e. The molecule has 0 amide bonds. The predicted octanol–water partition coefficient (Wildman–Crippen LogP) is 2.83. The molecule has 156 valence electrons. The summed E-state index contributed by atoms with van der Waals surface area (Å²) in [6.45, 7) is 4.98. The number of fused-ring (bicyclic) bond motifs is 1. The third-order valence-electron chi connectivity index (χ3n) is 5.11. The van der Waals surface area contributed by atoms with Crippen molar-refractivity contribution in [1.29, 1.82) is 0 Å². The molecular weight excluding hydrogens is 387 g/mol. The molecule has 30 heavy (non-hydrogen) atoms. The van der Waals surface area contributed by atoms with Gasteiger partial charge in [0.1, 0.15) is 17.4 Å². The molecule has 1 aliphatic heterocycles. The molecule has 1 aromatic heterocycles. The lowest BCUT2D eigenvalue weighted by molar-refractivity contribution is -0.144. The first-order valence-electron chi connectivity index (χ1n) is 9.93. The Morgan fingerprint density at radius 3 is 2.63 bits per heavy atom. The van der Waals surface area contributed by atoms with Crippen molar-refractivity contribution in [3.05, 3.63) is 48.3 Å². The SMILES string of the molecule is CCOC(=O)CN1CCN(c2nc(-c3ccccc3O)nc3ccc(F)cc23)CC1. The normalized spacial score (nSPS) is 14.8. The maximum Gasteiger partial charge on any atom is 0.320 e. The summed E-state index contributed by atoms with van der Waals surface area (Å²) >= 11 is 0. The largest absolute Gasteiger partial charge is 0.507 e. The highest BCUT2D eigenvalue weighted by atomic mass is 19.1. The Labute approximate surface area is 173 Å². The van der Waals surface area contributed by atoms with Crippen molar-refractivity contribution in [2.24, 2.45) is 0 Å². The van der Waals surface area contributed by atoms with Gasteiger partial charge in [0.05, 0.1) is 24.2 Å². The van der Waals surface area contributed by atoms with Crippen molar-refractivity contribution in [3.8, 4) is 17.1 Å². The Morgan fingerprint density at radius 2 is 1.90 bits per heavy atom. The molecule has 1 N–H and O–H groups in total. The van der Waals surface area contributed by atoms with Crippen LogP contribution in [0.15, 0.2) is 42.5 Å². The number of para-hydroxylation sites is 1.